The van der Waals surface area contributed by atoms with E-state index in [9.17, 15) is 0 Å². The molecule has 1 aliphatic carbocycles. The van der Waals surface area contributed by atoms with Crippen LogP contribution < -0.4 is 10.5 Å². The van der Waals surface area contributed by atoms with Crippen molar-refractivity contribution in [3.63, 3.8) is 0 Å². The van der Waals surface area contributed by atoms with Gasteiger partial charge in [0.05, 0.1) is 18.3 Å². The third-order valence-corrected chi connectivity index (χ3v) is 3.28. The van der Waals surface area contributed by atoms with E-state index >= 15 is 0 Å². The second-order valence-corrected chi connectivity index (χ2v) is 4.65. The highest BCUT2D eigenvalue weighted by Gasteiger charge is 2.43. The smallest absolute Gasteiger partial charge is 0.148 e. The van der Waals surface area contributed by atoms with Crippen LogP contribution in [-0.4, -0.2) is 17.1 Å². The van der Waals surface area contributed by atoms with Gasteiger partial charge in [-0.25, -0.2) is 9.97 Å². The number of benzene rings is 1. The Morgan fingerprint density at radius 3 is 2.50 bits per heavy atom. The summed E-state index contributed by atoms with van der Waals surface area (Å²) in [6.07, 6.45) is 3.72. The molecule has 4 heteroatoms. The zero-order valence-corrected chi connectivity index (χ0v) is 10.3. The number of nitrogens with zero attached hydrogens (tertiary/aromatic N) is 2. The van der Waals surface area contributed by atoms with Crippen molar-refractivity contribution in [1.29, 1.82) is 0 Å². The molecule has 1 fully saturated rings. The van der Waals surface area contributed by atoms with Crippen LogP contribution in [0.5, 0.6) is 5.75 Å². The van der Waals surface area contributed by atoms with Gasteiger partial charge in [-0.2, -0.15) is 0 Å². The van der Waals surface area contributed by atoms with Crippen molar-refractivity contribution in [3.05, 3.63) is 42.4 Å². The van der Waals surface area contributed by atoms with Gasteiger partial charge in [0.2, 0.25) is 0 Å². The van der Waals surface area contributed by atoms with Crippen molar-refractivity contribution in [2.45, 2.75) is 18.4 Å². The zero-order valence-electron chi connectivity index (χ0n) is 10.3. The molecule has 1 heterocycles. The fraction of sp³-hybridized carbons (Fsp3) is 0.286. The fourth-order valence-electron chi connectivity index (χ4n) is 1.88. The molecule has 0 atom stereocenters. The SMILES string of the molecule is COc1ccc(-c2ccnc(C3(N)CC3)n2)cc1. The maximum atomic E-state index is 6.12. The van der Waals surface area contributed by atoms with Crippen LogP contribution in [0.25, 0.3) is 11.3 Å². The van der Waals surface area contributed by atoms with Gasteiger partial charge in [-0.15, -0.1) is 0 Å². The Bertz CT molecular complexity index is 562. The number of ether oxygens (including phenoxy) is 1. The highest BCUT2D eigenvalue weighted by atomic mass is 16.5. The topological polar surface area (TPSA) is 61.0 Å². The van der Waals surface area contributed by atoms with Crippen molar-refractivity contribution < 1.29 is 4.74 Å². The van der Waals surface area contributed by atoms with E-state index < -0.39 is 0 Å². The Morgan fingerprint density at radius 1 is 1.17 bits per heavy atom. The quantitative estimate of drug-likeness (QED) is 0.894. The Hall–Kier alpha value is -1.94. The van der Waals surface area contributed by atoms with Crippen LogP contribution in [0.2, 0.25) is 0 Å². The molecule has 2 aromatic rings. The Balaban J connectivity index is 1.95. The molecule has 0 amide bonds. The second-order valence-electron chi connectivity index (χ2n) is 4.65. The largest absolute Gasteiger partial charge is 0.497 e. The molecular formula is C14H15N3O. The number of methoxy groups -OCH3 is 1. The van der Waals surface area contributed by atoms with Crippen molar-refractivity contribution in [2.75, 3.05) is 7.11 Å². The molecule has 0 radical (unpaired) electrons. The summed E-state index contributed by atoms with van der Waals surface area (Å²) < 4.78 is 5.14. The summed E-state index contributed by atoms with van der Waals surface area (Å²) in [7, 11) is 1.66. The molecule has 18 heavy (non-hydrogen) atoms. The molecule has 0 aliphatic heterocycles. The van der Waals surface area contributed by atoms with E-state index in [0.29, 0.717) is 0 Å². The van der Waals surface area contributed by atoms with Crippen molar-refractivity contribution in [2.24, 2.45) is 5.73 Å². The van der Waals surface area contributed by atoms with E-state index in [0.717, 1.165) is 35.7 Å². The van der Waals surface area contributed by atoms with Gasteiger partial charge in [0.15, 0.2) is 0 Å². The molecular weight excluding hydrogens is 226 g/mol. The first-order valence-electron chi connectivity index (χ1n) is 5.98. The van der Waals surface area contributed by atoms with Gasteiger partial charge in [-0.05, 0) is 43.2 Å². The Morgan fingerprint density at radius 2 is 1.89 bits per heavy atom. The lowest BCUT2D eigenvalue weighted by Gasteiger charge is -2.09. The first-order chi connectivity index (χ1) is 8.71. The maximum Gasteiger partial charge on any atom is 0.148 e. The third kappa shape index (κ3) is 1.95. The summed E-state index contributed by atoms with van der Waals surface area (Å²) in [5, 5.41) is 0. The molecule has 4 nitrogen and oxygen atoms in total. The van der Waals surface area contributed by atoms with E-state index in [-0.39, 0.29) is 5.54 Å². The number of nitrogens with two attached hydrogens (primary N) is 1. The minimum atomic E-state index is -0.289. The summed E-state index contributed by atoms with van der Waals surface area (Å²) in [6, 6.07) is 9.72. The lowest BCUT2D eigenvalue weighted by molar-refractivity contribution is 0.415. The van der Waals surface area contributed by atoms with Crippen LogP contribution in [0.3, 0.4) is 0 Å². The molecule has 0 bridgehead atoms. The van der Waals surface area contributed by atoms with Crippen LogP contribution in [0, 0.1) is 0 Å². The van der Waals surface area contributed by atoms with Crippen LogP contribution in [0.4, 0.5) is 0 Å². The minimum absolute atomic E-state index is 0.289. The van der Waals surface area contributed by atoms with E-state index in [1.165, 1.54) is 0 Å². The van der Waals surface area contributed by atoms with E-state index in [1.807, 2.05) is 30.3 Å². The molecule has 2 N–H and O–H groups in total. The molecule has 0 saturated heterocycles. The van der Waals surface area contributed by atoms with Crippen molar-refractivity contribution >= 4 is 0 Å². The zero-order chi connectivity index (χ0) is 12.6. The Labute approximate surface area is 106 Å². The summed E-state index contributed by atoms with van der Waals surface area (Å²) in [6.45, 7) is 0. The monoisotopic (exact) mass is 241 g/mol. The van der Waals surface area contributed by atoms with Gasteiger partial charge in [0.1, 0.15) is 11.6 Å². The van der Waals surface area contributed by atoms with Gasteiger partial charge < -0.3 is 10.5 Å². The fourth-order valence-corrected chi connectivity index (χ4v) is 1.88. The minimum Gasteiger partial charge on any atom is -0.497 e. The summed E-state index contributed by atoms with van der Waals surface area (Å²) in [5.41, 5.74) is 7.77. The standard InChI is InChI=1S/C14H15N3O/c1-18-11-4-2-10(3-5-11)12-6-9-16-13(17-12)14(15)7-8-14/h2-6,9H,7-8,15H2,1H3. The van der Waals surface area contributed by atoms with Crippen molar-refractivity contribution in [1.82, 2.24) is 9.97 Å². The lowest BCUT2D eigenvalue weighted by Crippen LogP contribution is -2.22. The average molecular weight is 241 g/mol. The molecule has 1 aromatic heterocycles. The summed E-state index contributed by atoms with van der Waals surface area (Å²) >= 11 is 0. The molecule has 3 rings (SSSR count). The second kappa shape index (κ2) is 4.07. The van der Waals surface area contributed by atoms with Gasteiger partial charge in [0.25, 0.3) is 0 Å². The first-order valence-corrected chi connectivity index (χ1v) is 5.98. The molecule has 1 aromatic carbocycles. The normalized spacial score (nSPS) is 16.3. The summed E-state index contributed by atoms with van der Waals surface area (Å²) in [5.74, 6) is 1.58. The van der Waals surface area contributed by atoms with Crippen LogP contribution in [0.15, 0.2) is 36.5 Å². The van der Waals surface area contributed by atoms with Gasteiger partial charge >= 0.3 is 0 Å². The highest BCUT2D eigenvalue weighted by Crippen LogP contribution is 2.40. The predicted molar refractivity (Wildman–Crippen MR) is 69.1 cm³/mol. The highest BCUT2D eigenvalue weighted by molar-refractivity contribution is 5.59. The lowest BCUT2D eigenvalue weighted by atomic mass is 10.1. The van der Waals surface area contributed by atoms with E-state index in [2.05, 4.69) is 9.97 Å². The molecule has 0 unspecified atom stereocenters. The Kier molecular flexibility index (Phi) is 2.52. The van der Waals surface area contributed by atoms with E-state index in [1.54, 1.807) is 13.3 Å². The molecule has 1 saturated carbocycles. The molecule has 0 spiro atoms. The number of rotatable bonds is 3. The predicted octanol–water partition coefficient (Wildman–Crippen LogP) is 2.10. The van der Waals surface area contributed by atoms with Crippen LogP contribution >= 0.6 is 0 Å². The van der Waals surface area contributed by atoms with E-state index in [4.69, 9.17) is 10.5 Å². The number of hydrogen-bond donors (Lipinski definition) is 1. The summed E-state index contributed by atoms with van der Waals surface area (Å²) in [4.78, 5) is 8.83. The number of aromatic nitrogens is 2. The van der Waals surface area contributed by atoms with Crippen molar-refractivity contribution in [3.8, 4) is 17.0 Å². The maximum absolute atomic E-state index is 6.12. The van der Waals surface area contributed by atoms with Crippen LogP contribution in [-0.2, 0) is 5.54 Å². The average Bonchev–Trinajstić information content (AvgIpc) is 3.18. The first kappa shape index (κ1) is 11.2. The molecule has 1 aliphatic rings. The number of hydrogen-bond acceptors (Lipinski definition) is 4. The molecule has 92 valence electrons. The van der Waals surface area contributed by atoms with Gasteiger partial charge in [-0.1, -0.05) is 0 Å². The third-order valence-electron chi connectivity index (χ3n) is 3.28. The van der Waals surface area contributed by atoms with Gasteiger partial charge in [-0.3, -0.25) is 0 Å². The van der Waals surface area contributed by atoms with Crippen LogP contribution in [0.1, 0.15) is 18.7 Å². The van der Waals surface area contributed by atoms with Gasteiger partial charge in [0, 0.05) is 11.8 Å².